The molecule has 2 aromatic rings. The minimum atomic E-state index is 0.124. The Kier molecular flexibility index (Phi) is 4.95. The van der Waals surface area contributed by atoms with Crippen molar-refractivity contribution in [3.8, 4) is 0 Å². The molecule has 1 saturated heterocycles. The van der Waals surface area contributed by atoms with Crippen molar-refractivity contribution in [2.24, 2.45) is 4.99 Å². The Labute approximate surface area is 157 Å². The molecule has 2 aliphatic rings. The van der Waals surface area contributed by atoms with E-state index in [2.05, 4.69) is 19.1 Å². The van der Waals surface area contributed by atoms with Gasteiger partial charge in [0.2, 0.25) is 0 Å². The van der Waals surface area contributed by atoms with Crippen LogP contribution in [-0.2, 0) is 12.8 Å². The lowest BCUT2D eigenvalue weighted by Crippen LogP contribution is -2.38. The molecule has 0 radical (unpaired) electrons. The van der Waals surface area contributed by atoms with Crippen molar-refractivity contribution in [3.05, 3.63) is 51.2 Å². The Morgan fingerprint density at radius 2 is 2.00 bits per heavy atom. The molecule has 0 spiro atoms. The number of amidine groups is 1. The zero-order valence-corrected chi connectivity index (χ0v) is 16.1. The average molecular weight is 371 g/mol. The summed E-state index contributed by atoms with van der Waals surface area (Å²) in [5, 5.41) is 0.844. The Morgan fingerprint density at radius 1 is 1.16 bits per heavy atom. The number of benzene rings is 1. The van der Waals surface area contributed by atoms with Crippen molar-refractivity contribution in [3.63, 3.8) is 0 Å². The van der Waals surface area contributed by atoms with E-state index < -0.39 is 0 Å². The molecule has 0 unspecified atom stereocenters. The van der Waals surface area contributed by atoms with Gasteiger partial charge in [0.25, 0.3) is 5.91 Å². The number of nitrogens with zero attached hydrogens (tertiary/aromatic N) is 2. The van der Waals surface area contributed by atoms with Gasteiger partial charge in [0.1, 0.15) is 0 Å². The van der Waals surface area contributed by atoms with Crippen LogP contribution in [0.15, 0.2) is 35.3 Å². The quantitative estimate of drug-likeness (QED) is 0.727. The maximum atomic E-state index is 13.1. The van der Waals surface area contributed by atoms with Gasteiger partial charge in [-0.2, -0.15) is 0 Å². The van der Waals surface area contributed by atoms with E-state index in [4.69, 9.17) is 4.99 Å². The van der Waals surface area contributed by atoms with Crippen molar-refractivity contribution in [1.29, 1.82) is 0 Å². The second-order valence-corrected chi connectivity index (χ2v) is 8.80. The number of thiophene rings is 1. The first-order valence-electron chi connectivity index (χ1n) is 8.93. The second kappa shape index (κ2) is 7.34. The van der Waals surface area contributed by atoms with E-state index in [-0.39, 0.29) is 5.91 Å². The number of rotatable bonds is 2. The van der Waals surface area contributed by atoms with Crippen LogP contribution in [0.1, 0.15) is 44.9 Å². The molecule has 130 valence electrons. The van der Waals surface area contributed by atoms with Crippen molar-refractivity contribution >= 4 is 39.9 Å². The third-order valence-corrected chi connectivity index (χ3v) is 7.06. The van der Waals surface area contributed by atoms with E-state index in [9.17, 15) is 4.79 Å². The number of hydrogen-bond acceptors (Lipinski definition) is 4. The van der Waals surface area contributed by atoms with E-state index in [1.807, 2.05) is 23.1 Å². The minimum Gasteiger partial charge on any atom is -0.286 e. The topological polar surface area (TPSA) is 32.7 Å². The third-order valence-electron chi connectivity index (χ3n) is 4.77. The number of para-hydroxylation sites is 1. The summed E-state index contributed by atoms with van der Waals surface area (Å²) in [4.78, 5) is 22.1. The van der Waals surface area contributed by atoms with Gasteiger partial charge in [-0.1, -0.05) is 30.0 Å². The highest BCUT2D eigenvalue weighted by atomic mass is 32.2. The molecule has 1 aromatic heterocycles. The summed E-state index contributed by atoms with van der Waals surface area (Å²) in [5.41, 5.74) is 3.48. The fourth-order valence-corrected chi connectivity index (χ4v) is 5.51. The molecule has 1 fully saturated rings. The SMILES string of the molecule is Cc1ccccc1N=C1SCCCN1C(=O)c1cc2c(s1)CCCC2. The zero-order chi connectivity index (χ0) is 17.2. The average Bonchev–Trinajstić information content (AvgIpc) is 3.08. The fourth-order valence-electron chi connectivity index (χ4n) is 3.36. The van der Waals surface area contributed by atoms with Crippen LogP contribution in [0.4, 0.5) is 5.69 Å². The summed E-state index contributed by atoms with van der Waals surface area (Å²) < 4.78 is 0. The first-order chi connectivity index (χ1) is 12.2. The second-order valence-electron chi connectivity index (χ2n) is 6.61. The van der Waals surface area contributed by atoms with Gasteiger partial charge in [0.15, 0.2) is 5.17 Å². The van der Waals surface area contributed by atoms with E-state index in [0.717, 1.165) is 52.9 Å². The number of carbonyl (C=O) groups excluding carboxylic acids is 1. The summed E-state index contributed by atoms with van der Waals surface area (Å²) >= 11 is 3.39. The van der Waals surface area contributed by atoms with Crippen LogP contribution in [0.2, 0.25) is 0 Å². The molecule has 4 rings (SSSR count). The molecule has 1 amide bonds. The monoisotopic (exact) mass is 370 g/mol. The number of hydrogen-bond donors (Lipinski definition) is 0. The van der Waals surface area contributed by atoms with Crippen molar-refractivity contribution in [2.75, 3.05) is 12.3 Å². The molecule has 3 nitrogen and oxygen atoms in total. The predicted molar refractivity (Wildman–Crippen MR) is 107 cm³/mol. The van der Waals surface area contributed by atoms with E-state index in [0.29, 0.717) is 0 Å². The van der Waals surface area contributed by atoms with Gasteiger partial charge in [-0.15, -0.1) is 11.3 Å². The predicted octanol–water partition coefficient (Wildman–Crippen LogP) is 5.20. The van der Waals surface area contributed by atoms with E-state index in [1.54, 1.807) is 23.1 Å². The van der Waals surface area contributed by atoms with Gasteiger partial charge in [0.05, 0.1) is 10.6 Å². The summed E-state index contributed by atoms with van der Waals surface area (Å²) in [7, 11) is 0. The number of thioether (sulfide) groups is 1. The van der Waals surface area contributed by atoms with E-state index >= 15 is 0 Å². The lowest BCUT2D eigenvalue weighted by molar-refractivity contribution is 0.0853. The summed E-state index contributed by atoms with van der Waals surface area (Å²) in [6, 6.07) is 10.2. The normalized spacial score (nSPS) is 19.1. The summed E-state index contributed by atoms with van der Waals surface area (Å²) in [6.07, 6.45) is 5.77. The first-order valence-corrected chi connectivity index (χ1v) is 10.7. The number of carbonyl (C=O) groups is 1. The maximum Gasteiger partial charge on any atom is 0.269 e. The molecule has 25 heavy (non-hydrogen) atoms. The molecule has 0 atom stereocenters. The number of amides is 1. The van der Waals surface area contributed by atoms with E-state index in [1.165, 1.54) is 23.3 Å². The van der Waals surface area contributed by atoms with Gasteiger partial charge in [-0.25, -0.2) is 4.99 Å². The minimum absolute atomic E-state index is 0.124. The van der Waals surface area contributed by atoms with Gasteiger partial charge in [0, 0.05) is 17.2 Å². The Hall–Kier alpha value is -1.59. The largest absolute Gasteiger partial charge is 0.286 e. The highest BCUT2D eigenvalue weighted by Crippen LogP contribution is 2.32. The van der Waals surface area contributed by atoms with Gasteiger partial charge in [-0.05, 0) is 62.3 Å². The smallest absolute Gasteiger partial charge is 0.269 e. The van der Waals surface area contributed by atoms with Crippen LogP contribution in [0.5, 0.6) is 0 Å². The Morgan fingerprint density at radius 3 is 2.84 bits per heavy atom. The van der Waals surface area contributed by atoms with Crippen molar-refractivity contribution in [1.82, 2.24) is 4.90 Å². The molecular weight excluding hydrogens is 348 g/mol. The highest BCUT2D eigenvalue weighted by molar-refractivity contribution is 8.13. The first kappa shape index (κ1) is 16.9. The van der Waals surface area contributed by atoms with Crippen molar-refractivity contribution < 1.29 is 4.79 Å². The molecule has 1 aliphatic carbocycles. The number of fused-ring (bicyclic) bond motifs is 1. The molecule has 5 heteroatoms. The molecule has 1 aromatic carbocycles. The molecule has 0 bridgehead atoms. The fraction of sp³-hybridized carbons (Fsp3) is 0.400. The molecule has 2 heterocycles. The summed E-state index contributed by atoms with van der Waals surface area (Å²) in [6.45, 7) is 2.82. The lowest BCUT2D eigenvalue weighted by Gasteiger charge is -2.27. The zero-order valence-electron chi connectivity index (χ0n) is 14.5. The van der Waals surface area contributed by atoms with Crippen LogP contribution in [0.25, 0.3) is 0 Å². The van der Waals surface area contributed by atoms with Crippen molar-refractivity contribution in [2.45, 2.75) is 39.0 Å². The van der Waals surface area contributed by atoms with Crippen LogP contribution in [0.3, 0.4) is 0 Å². The molecular formula is C20H22N2OS2. The molecule has 1 aliphatic heterocycles. The maximum absolute atomic E-state index is 13.1. The van der Waals surface area contributed by atoms with Crippen LogP contribution in [-0.4, -0.2) is 28.3 Å². The number of aryl methyl sites for hydroxylation is 3. The standard InChI is InChI=1S/C20H22N2OS2/c1-14-7-2-4-9-16(14)21-20-22(11-6-12-24-20)19(23)18-13-15-8-3-5-10-17(15)25-18/h2,4,7,9,13H,3,5-6,8,10-12H2,1H3. The Balaban J connectivity index is 1.63. The molecule has 0 N–H and O–H groups in total. The number of aliphatic imine (C=N–C) groups is 1. The highest BCUT2D eigenvalue weighted by Gasteiger charge is 2.27. The van der Waals surface area contributed by atoms with Gasteiger partial charge in [-0.3, -0.25) is 9.69 Å². The molecule has 0 saturated carbocycles. The van der Waals surface area contributed by atoms with Crippen LogP contribution in [0, 0.1) is 6.92 Å². The Bertz CT molecular complexity index is 801. The lowest BCUT2D eigenvalue weighted by atomic mass is 9.99. The van der Waals surface area contributed by atoms with Crippen LogP contribution < -0.4 is 0 Å². The van der Waals surface area contributed by atoms with Gasteiger partial charge < -0.3 is 0 Å². The van der Waals surface area contributed by atoms with Gasteiger partial charge >= 0.3 is 0 Å². The van der Waals surface area contributed by atoms with Crippen LogP contribution >= 0.6 is 23.1 Å². The third kappa shape index (κ3) is 3.53. The summed E-state index contributed by atoms with van der Waals surface area (Å²) in [5.74, 6) is 1.15.